The molecule has 0 aliphatic carbocycles. The van der Waals surface area contributed by atoms with Crippen molar-refractivity contribution in [3.05, 3.63) is 64.5 Å². The summed E-state index contributed by atoms with van der Waals surface area (Å²) in [4.78, 5) is 12.6. The van der Waals surface area contributed by atoms with Crippen molar-refractivity contribution in [2.24, 2.45) is 0 Å². The lowest BCUT2D eigenvalue weighted by atomic mass is 9.95. The number of halogens is 8. The number of hydrogen-bond acceptors (Lipinski definition) is 6. The molecule has 0 saturated carbocycles. The zero-order valence-electron chi connectivity index (χ0n) is 25.7. The smallest absolute Gasteiger partial charge is 0.493 e. The minimum absolute atomic E-state index is 0.0227. The molecule has 0 amide bonds. The van der Waals surface area contributed by atoms with E-state index < -0.39 is 63.6 Å². The van der Waals surface area contributed by atoms with Crippen LogP contribution in [0.15, 0.2) is 57.7 Å². The summed E-state index contributed by atoms with van der Waals surface area (Å²) in [6.45, 7) is 4.77. The molecule has 0 bridgehead atoms. The molecule has 0 radical (unpaired) electrons. The first-order chi connectivity index (χ1) is 21.5. The lowest BCUT2D eigenvalue weighted by molar-refractivity contribution is -0.367. The van der Waals surface area contributed by atoms with E-state index in [2.05, 4.69) is 0 Å². The van der Waals surface area contributed by atoms with Gasteiger partial charge in [-0.2, -0.15) is 35.1 Å². The molecule has 0 atom stereocenters. The van der Waals surface area contributed by atoms with E-state index in [1.165, 1.54) is 39.0 Å². The zero-order valence-corrected chi connectivity index (χ0v) is 26.7. The van der Waals surface area contributed by atoms with Crippen LogP contribution in [-0.2, 0) is 19.7 Å². The van der Waals surface area contributed by atoms with Crippen LogP contribution >= 0.6 is 0 Å². The Bertz CT molecular complexity index is 1480. The van der Waals surface area contributed by atoms with Gasteiger partial charge in [0.2, 0.25) is 0 Å². The molecule has 1 aromatic heterocycles. The van der Waals surface area contributed by atoms with Crippen LogP contribution < -0.4 is 10.4 Å². The van der Waals surface area contributed by atoms with Crippen molar-refractivity contribution < 1.29 is 57.6 Å². The molecule has 0 unspecified atom stereocenters. The van der Waals surface area contributed by atoms with Gasteiger partial charge in [-0.3, -0.25) is 0 Å². The first-order valence-electron chi connectivity index (χ1n) is 14.7. The van der Waals surface area contributed by atoms with Crippen LogP contribution in [0.2, 0.25) is 6.04 Å². The van der Waals surface area contributed by atoms with Crippen molar-refractivity contribution in [1.29, 1.82) is 0 Å². The summed E-state index contributed by atoms with van der Waals surface area (Å²) in [5, 5.41) is 0.422. The largest absolute Gasteiger partial charge is 0.501 e. The van der Waals surface area contributed by atoms with Gasteiger partial charge in [-0.05, 0) is 56.5 Å². The molecule has 3 rings (SSSR count). The Morgan fingerprint density at radius 1 is 0.717 bits per heavy atom. The second-order valence-corrected chi connectivity index (χ2v) is 13.1. The Balaban J connectivity index is 1.72. The molecule has 256 valence electrons. The predicted molar refractivity (Wildman–Crippen MR) is 157 cm³/mol. The highest BCUT2D eigenvalue weighted by Gasteiger charge is 2.80. The van der Waals surface area contributed by atoms with Crippen LogP contribution in [0.1, 0.15) is 46.1 Å². The summed E-state index contributed by atoms with van der Waals surface area (Å²) < 4.78 is 143. The van der Waals surface area contributed by atoms with Gasteiger partial charge in [0.15, 0.2) is 0 Å². The minimum Gasteiger partial charge on any atom is -0.493 e. The van der Waals surface area contributed by atoms with E-state index in [-0.39, 0.29) is 36.7 Å². The molecule has 3 aromatic rings. The minimum atomic E-state index is -6.47. The fourth-order valence-corrected chi connectivity index (χ4v) is 7.31. The Labute approximate surface area is 262 Å². The zero-order chi connectivity index (χ0) is 34.4. The average molecular weight is 685 g/mol. The Morgan fingerprint density at radius 2 is 1.26 bits per heavy atom. The van der Waals surface area contributed by atoms with E-state index in [4.69, 9.17) is 22.4 Å². The Hall–Kier alpha value is -3.01. The van der Waals surface area contributed by atoms with E-state index in [1.54, 1.807) is 12.1 Å². The number of hydrogen-bond donors (Lipinski definition) is 0. The maximum atomic E-state index is 14.6. The third-order valence-electron chi connectivity index (χ3n) is 7.22. The molecule has 0 spiro atoms. The van der Waals surface area contributed by atoms with Gasteiger partial charge in [0, 0.05) is 43.7 Å². The highest BCUT2D eigenvalue weighted by atomic mass is 28.4. The monoisotopic (exact) mass is 684 g/mol. The molecular formula is C31H36F8O6Si. The Morgan fingerprint density at radius 3 is 1.78 bits per heavy atom. The lowest BCUT2D eigenvalue weighted by Crippen LogP contribution is -2.62. The molecule has 2 aromatic carbocycles. The maximum Gasteiger partial charge on any atom is 0.501 e. The van der Waals surface area contributed by atoms with Crippen LogP contribution in [0, 0.1) is 0 Å². The molecule has 6 nitrogen and oxygen atoms in total. The summed E-state index contributed by atoms with van der Waals surface area (Å²) in [6, 6.07) is 11.5. The molecular weight excluding hydrogens is 648 g/mol. The highest BCUT2D eigenvalue weighted by Crippen LogP contribution is 2.55. The van der Waals surface area contributed by atoms with Crippen molar-refractivity contribution in [2.45, 2.75) is 76.7 Å². The van der Waals surface area contributed by atoms with Crippen molar-refractivity contribution in [1.82, 2.24) is 0 Å². The van der Waals surface area contributed by atoms with Crippen LogP contribution in [-0.4, -0.2) is 58.9 Å². The average Bonchev–Trinajstić information content (AvgIpc) is 3.00. The Kier molecular flexibility index (Phi) is 12.1. The van der Waals surface area contributed by atoms with Crippen molar-refractivity contribution >= 4 is 19.8 Å². The molecule has 0 saturated heterocycles. The lowest BCUT2D eigenvalue weighted by Gasteiger charge is -2.38. The third-order valence-corrected chi connectivity index (χ3v) is 10.3. The number of rotatable bonds is 18. The van der Waals surface area contributed by atoms with Crippen LogP contribution in [0.5, 0.6) is 5.75 Å². The molecule has 0 fully saturated rings. The fourth-order valence-electron chi connectivity index (χ4n) is 4.68. The van der Waals surface area contributed by atoms with Gasteiger partial charge in [0.1, 0.15) is 11.3 Å². The van der Waals surface area contributed by atoms with E-state index in [0.29, 0.717) is 10.9 Å². The molecule has 0 aliphatic rings. The van der Waals surface area contributed by atoms with Gasteiger partial charge < -0.3 is 22.4 Å². The fraction of sp³-hybridized carbons (Fsp3) is 0.516. The van der Waals surface area contributed by atoms with Gasteiger partial charge >= 0.3 is 38.1 Å². The summed E-state index contributed by atoms with van der Waals surface area (Å²) >= 11 is 0. The van der Waals surface area contributed by atoms with Gasteiger partial charge in [0.25, 0.3) is 0 Å². The molecule has 0 aliphatic heterocycles. The first kappa shape index (κ1) is 37.4. The van der Waals surface area contributed by atoms with Gasteiger partial charge in [-0.1, -0.05) is 31.2 Å². The number of ether oxygens (including phenoxy) is 1. The van der Waals surface area contributed by atoms with E-state index in [9.17, 15) is 39.9 Å². The van der Waals surface area contributed by atoms with Crippen molar-refractivity contribution in [3.63, 3.8) is 0 Å². The normalized spacial score (nSPS) is 13.4. The standard InChI is InChI=1S/C31H36F8O6Si/c1-5-21-9-11-22(12-10-21)25-19-23-13-14-24(20-26(23)45-27(25)40)41-17-15-28(32,33)30(36,37)31(38,39)29(34,35)16-18-46(42-6-2,43-7-3)44-8-4/h9-14,19-20H,5-8,15-18H2,1-4H3. The number of alkyl halides is 8. The van der Waals surface area contributed by atoms with Crippen LogP contribution in [0.4, 0.5) is 35.1 Å². The van der Waals surface area contributed by atoms with Crippen LogP contribution in [0.25, 0.3) is 22.1 Å². The summed E-state index contributed by atoms with van der Waals surface area (Å²) in [5.74, 6) is -24.3. The SMILES string of the molecule is CCO[Si](CCC(F)(F)C(F)(F)C(F)(F)C(F)(F)CCOc1ccc2cc(-c3ccc(CC)cc3)c(=O)oc2c1)(OCC)OCC. The van der Waals surface area contributed by atoms with Gasteiger partial charge in [0.05, 0.1) is 18.6 Å². The summed E-state index contributed by atoms with van der Waals surface area (Å²) in [5.41, 5.74) is 1.17. The quantitative estimate of drug-likeness (QED) is 0.0759. The highest BCUT2D eigenvalue weighted by molar-refractivity contribution is 6.60. The van der Waals surface area contributed by atoms with E-state index >= 15 is 0 Å². The number of benzene rings is 2. The summed E-state index contributed by atoms with van der Waals surface area (Å²) in [7, 11) is -3.99. The maximum absolute atomic E-state index is 14.6. The van der Waals surface area contributed by atoms with E-state index in [1.807, 2.05) is 19.1 Å². The second kappa shape index (κ2) is 14.8. The van der Waals surface area contributed by atoms with Crippen molar-refractivity contribution in [3.8, 4) is 16.9 Å². The topological polar surface area (TPSA) is 67.1 Å². The predicted octanol–water partition coefficient (Wildman–Crippen LogP) is 8.77. The van der Waals surface area contributed by atoms with Gasteiger partial charge in [-0.15, -0.1) is 0 Å². The first-order valence-corrected chi connectivity index (χ1v) is 16.7. The number of fused-ring (bicyclic) bond motifs is 1. The van der Waals surface area contributed by atoms with Gasteiger partial charge in [-0.25, -0.2) is 4.79 Å². The molecule has 15 heteroatoms. The molecule has 46 heavy (non-hydrogen) atoms. The molecule has 0 N–H and O–H groups in total. The third kappa shape index (κ3) is 7.92. The second-order valence-electron chi connectivity index (χ2n) is 10.3. The van der Waals surface area contributed by atoms with Crippen molar-refractivity contribution in [2.75, 3.05) is 26.4 Å². The number of aryl methyl sites for hydroxylation is 1. The van der Waals surface area contributed by atoms with Crippen LogP contribution in [0.3, 0.4) is 0 Å². The summed E-state index contributed by atoms with van der Waals surface area (Å²) in [6.07, 6.45) is -3.19. The molecule has 1 heterocycles. The van der Waals surface area contributed by atoms with E-state index in [0.717, 1.165) is 18.1 Å².